The summed E-state index contributed by atoms with van der Waals surface area (Å²) in [6, 6.07) is 62.4. The average Bonchev–Trinajstić information content (AvgIpc) is 3.71. The number of H-pyrrole nitrogens is 1. The van der Waals surface area contributed by atoms with Crippen LogP contribution in [-0.2, 0) is 5.41 Å². The molecule has 1 aliphatic carbocycles. The fourth-order valence-electron chi connectivity index (χ4n) is 8.97. The van der Waals surface area contributed by atoms with E-state index in [0.29, 0.717) is 11.0 Å². The third-order valence-electron chi connectivity index (χ3n) is 11.9. The molecule has 1 N–H and O–H groups in total. The zero-order chi connectivity index (χ0) is 37.5. The highest BCUT2D eigenvalue weighted by Gasteiger charge is 2.35. The SMILES string of the molecule is CC1(C)c2ccccc2-c2ccc(N(c3ccc(-c4ccccc4)cc3)c3ccc(-c4ccc5[nH]c6cc7c(=O)oc8ccccc8c7cc6c5c4)cc3)cc21. The molecule has 0 radical (unpaired) electrons. The van der Waals surface area contributed by atoms with Gasteiger partial charge in [0.1, 0.15) is 5.58 Å². The number of anilines is 3. The van der Waals surface area contributed by atoms with Crippen molar-refractivity contribution in [2.24, 2.45) is 0 Å². The number of rotatable bonds is 5. The standard InChI is InChI=1S/C52H36N2O2/c1-52(2)46-14-8-6-12-39(46)40-26-25-38(29-47(40)52)54(36-21-16-33(17-22-36)32-10-4-3-5-11-32)37-23-18-34(19-24-37)35-20-27-48-43(28-35)44-30-42-41-13-7-9-15-50(41)56-51(55)45(42)31-49(44)53-48/h3-31,53H,1-2H3. The van der Waals surface area contributed by atoms with Crippen LogP contribution in [0, 0.1) is 0 Å². The van der Waals surface area contributed by atoms with Crippen LogP contribution < -0.4 is 10.5 Å². The highest BCUT2D eigenvalue weighted by molar-refractivity contribution is 6.16. The van der Waals surface area contributed by atoms with E-state index >= 15 is 0 Å². The van der Waals surface area contributed by atoms with Crippen LogP contribution in [0.3, 0.4) is 0 Å². The largest absolute Gasteiger partial charge is 0.422 e. The summed E-state index contributed by atoms with van der Waals surface area (Å²) in [5.74, 6) is 0. The van der Waals surface area contributed by atoms with Crippen LogP contribution in [0.2, 0.25) is 0 Å². The minimum absolute atomic E-state index is 0.109. The Morgan fingerprint density at radius 2 is 1.05 bits per heavy atom. The second-order valence-corrected chi connectivity index (χ2v) is 15.4. The van der Waals surface area contributed by atoms with Crippen molar-refractivity contribution in [2.45, 2.75) is 19.3 Å². The monoisotopic (exact) mass is 720 g/mol. The average molecular weight is 721 g/mol. The van der Waals surface area contributed by atoms with Gasteiger partial charge in [-0.2, -0.15) is 0 Å². The normalized spacial score (nSPS) is 13.0. The molecule has 10 aromatic rings. The highest BCUT2D eigenvalue weighted by Crippen LogP contribution is 2.50. The van der Waals surface area contributed by atoms with Gasteiger partial charge in [0.05, 0.1) is 5.39 Å². The lowest BCUT2D eigenvalue weighted by atomic mass is 9.82. The van der Waals surface area contributed by atoms with Crippen LogP contribution in [0.15, 0.2) is 185 Å². The zero-order valence-electron chi connectivity index (χ0n) is 31.0. The quantitative estimate of drug-likeness (QED) is 0.142. The number of aromatic amines is 1. The summed E-state index contributed by atoms with van der Waals surface area (Å²) < 4.78 is 5.65. The summed E-state index contributed by atoms with van der Waals surface area (Å²) in [6.07, 6.45) is 0. The predicted octanol–water partition coefficient (Wildman–Crippen LogP) is 13.7. The smallest absolute Gasteiger partial charge is 0.344 e. The number of nitrogens with one attached hydrogen (secondary N) is 1. The van der Waals surface area contributed by atoms with E-state index in [2.05, 4.69) is 169 Å². The molecule has 0 aliphatic heterocycles. The van der Waals surface area contributed by atoms with Gasteiger partial charge in [-0.3, -0.25) is 0 Å². The van der Waals surface area contributed by atoms with Gasteiger partial charge in [0, 0.05) is 55.1 Å². The van der Waals surface area contributed by atoms with Crippen LogP contribution >= 0.6 is 0 Å². The van der Waals surface area contributed by atoms with E-state index in [1.165, 1.54) is 33.4 Å². The van der Waals surface area contributed by atoms with Gasteiger partial charge in [0.2, 0.25) is 0 Å². The molecule has 4 heteroatoms. The number of nitrogens with zero attached hydrogens (tertiary/aromatic N) is 1. The molecule has 0 amide bonds. The summed E-state index contributed by atoms with van der Waals surface area (Å²) >= 11 is 0. The Balaban J connectivity index is 1.01. The van der Waals surface area contributed by atoms with Gasteiger partial charge in [-0.15, -0.1) is 0 Å². The molecule has 8 aromatic carbocycles. The molecule has 11 rings (SSSR count). The molecule has 266 valence electrons. The van der Waals surface area contributed by atoms with E-state index in [-0.39, 0.29) is 11.0 Å². The van der Waals surface area contributed by atoms with Gasteiger partial charge >= 0.3 is 5.63 Å². The molecule has 0 spiro atoms. The summed E-state index contributed by atoms with van der Waals surface area (Å²) in [5, 5.41) is 4.60. The summed E-state index contributed by atoms with van der Waals surface area (Å²) in [6.45, 7) is 4.67. The van der Waals surface area contributed by atoms with Crippen molar-refractivity contribution in [2.75, 3.05) is 4.90 Å². The number of fused-ring (bicyclic) bond motifs is 9. The van der Waals surface area contributed by atoms with Crippen LogP contribution in [0.5, 0.6) is 0 Å². The fourth-order valence-corrected chi connectivity index (χ4v) is 8.97. The van der Waals surface area contributed by atoms with E-state index in [4.69, 9.17) is 4.42 Å². The minimum atomic E-state index is -0.324. The van der Waals surface area contributed by atoms with Gasteiger partial charge in [-0.25, -0.2) is 4.79 Å². The number of aromatic nitrogens is 1. The Morgan fingerprint density at radius 3 is 1.84 bits per heavy atom. The minimum Gasteiger partial charge on any atom is -0.422 e. The fraction of sp³-hybridized carbons (Fsp3) is 0.0577. The molecule has 0 saturated heterocycles. The first-order chi connectivity index (χ1) is 27.4. The lowest BCUT2D eigenvalue weighted by Crippen LogP contribution is -2.16. The Hall–Kier alpha value is -7.17. The topological polar surface area (TPSA) is 49.2 Å². The van der Waals surface area contributed by atoms with Crippen molar-refractivity contribution < 1.29 is 4.42 Å². The van der Waals surface area contributed by atoms with E-state index < -0.39 is 0 Å². The van der Waals surface area contributed by atoms with Crippen LogP contribution in [0.4, 0.5) is 17.1 Å². The number of para-hydroxylation sites is 1. The maximum atomic E-state index is 13.0. The molecule has 0 unspecified atom stereocenters. The molecule has 4 nitrogen and oxygen atoms in total. The molecule has 2 heterocycles. The molecule has 0 saturated carbocycles. The maximum Gasteiger partial charge on any atom is 0.344 e. The number of benzene rings is 8. The van der Waals surface area contributed by atoms with Crippen LogP contribution in [-0.4, -0.2) is 4.98 Å². The van der Waals surface area contributed by atoms with Crippen molar-refractivity contribution in [1.82, 2.24) is 4.98 Å². The lowest BCUT2D eigenvalue weighted by Gasteiger charge is -2.28. The summed E-state index contributed by atoms with van der Waals surface area (Å²) in [5.41, 5.74) is 15.4. The van der Waals surface area contributed by atoms with Gasteiger partial charge < -0.3 is 14.3 Å². The highest BCUT2D eigenvalue weighted by atomic mass is 16.4. The Morgan fingerprint density at radius 1 is 0.446 bits per heavy atom. The van der Waals surface area contributed by atoms with Crippen molar-refractivity contribution in [1.29, 1.82) is 0 Å². The second kappa shape index (κ2) is 12.2. The van der Waals surface area contributed by atoms with E-state index in [1.54, 1.807) is 0 Å². The Labute approximate surface area is 323 Å². The van der Waals surface area contributed by atoms with Crippen LogP contribution in [0.25, 0.3) is 76.9 Å². The second-order valence-electron chi connectivity index (χ2n) is 15.4. The first-order valence-corrected chi connectivity index (χ1v) is 19.1. The summed E-state index contributed by atoms with van der Waals surface area (Å²) in [7, 11) is 0. The lowest BCUT2D eigenvalue weighted by molar-refractivity contribution is 0.570. The van der Waals surface area contributed by atoms with Crippen molar-refractivity contribution >= 4 is 60.6 Å². The summed E-state index contributed by atoms with van der Waals surface area (Å²) in [4.78, 5) is 18.9. The number of hydrogen-bond donors (Lipinski definition) is 1. The molecule has 0 fully saturated rings. The third kappa shape index (κ3) is 4.96. The Kier molecular flexibility index (Phi) is 7.02. The molecular weight excluding hydrogens is 685 g/mol. The van der Waals surface area contributed by atoms with E-state index in [0.717, 1.165) is 60.8 Å². The third-order valence-corrected chi connectivity index (χ3v) is 11.9. The van der Waals surface area contributed by atoms with Crippen molar-refractivity contribution in [3.63, 3.8) is 0 Å². The van der Waals surface area contributed by atoms with E-state index in [1.807, 2.05) is 30.3 Å². The zero-order valence-corrected chi connectivity index (χ0v) is 31.0. The van der Waals surface area contributed by atoms with Crippen molar-refractivity contribution in [3.05, 3.63) is 197 Å². The molecule has 0 bridgehead atoms. The molecule has 0 atom stereocenters. The van der Waals surface area contributed by atoms with E-state index in [9.17, 15) is 4.79 Å². The molecule has 56 heavy (non-hydrogen) atoms. The number of hydrogen-bond acceptors (Lipinski definition) is 3. The Bertz CT molecular complexity index is 3230. The molecular formula is C52H36N2O2. The maximum absolute atomic E-state index is 13.0. The first kappa shape index (κ1) is 32.3. The predicted molar refractivity (Wildman–Crippen MR) is 232 cm³/mol. The van der Waals surface area contributed by atoms with Gasteiger partial charge in [-0.05, 0) is 111 Å². The molecule has 2 aromatic heterocycles. The first-order valence-electron chi connectivity index (χ1n) is 19.1. The van der Waals surface area contributed by atoms with Gasteiger partial charge in [-0.1, -0.05) is 123 Å². The van der Waals surface area contributed by atoms with Crippen molar-refractivity contribution in [3.8, 4) is 33.4 Å². The van der Waals surface area contributed by atoms with Gasteiger partial charge in [0.15, 0.2) is 0 Å². The molecule has 1 aliphatic rings. The van der Waals surface area contributed by atoms with Crippen LogP contribution in [0.1, 0.15) is 25.0 Å². The van der Waals surface area contributed by atoms with Gasteiger partial charge in [0.25, 0.3) is 0 Å².